The van der Waals surface area contributed by atoms with E-state index in [1.54, 1.807) is 0 Å². The van der Waals surface area contributed by atoms with E-state index in [0.29, 0.717) is 5.41 Å². The third-order valence-corrected chi connectivity index (χ3v) is 2.84. The topological polar surface area (TPSA) is 44.5 Å². The van der Waals surface area contributed by atoms with Crippen LogP contribution in [0.25, 0.3) is 0 Å². The van der Waals surface area contributed by atoms with E-state index in [2.05, 4.69) is 20.8 Å². The molecule has 3 heteroatoms. The molecule has 3 unspecified atom stereocenters. The minimum atomic E-state index is 0.120. The maximum absolute atomic E-state index is 5.85. The van der Waals surface area contributed by atoms with E-state index in [9.17, 15) is 0 Å². The van der Waals surface area contributed by atoms with Crippen LogP contribution >= 0.6 is 0 Å². The van der Waals surface area contributed by atoms with E-state index in [-0.39, 0.29) is 18.2 Å². The molecule has 1 aliphatic rings. The standard InChI is InChI=1S/C12H25NO2/c1-5-14-11-9(13)8-10(11)15-7-6-12(2,3)4/h9-11H,5-8,13H2,1-4H3. The van der Waals surface area contributed by atoms with Gasteiger partial charge in [0.15, 0.2) is 0 Å². The third-order valence-electron chi connectivity index (χ3n) is 2.84. The lowest BCUT2D eigenvalue weighted by molar-refractivity contribution is -0.139. The second kappa shape index (κ2) is 5.28. The first-order valence-corrected chi connectivity index (χ1v) is 5.93. The lowest BCUT2D eigenvalue weighted by Crippen LogP contribution is -2.58. The summed E-state index contributed by atoms with van der Waals surface area (Å²) in [5, 5.41) is 0. The molecule has 90 valence electrons. The van der Waals surface area contributed by atoms with Crippen LogP contribution in [0.2, 0.25) is 0 Å². The van der Waals surface area contributed by atoms with E-state index in [1.165, 1.54) is 0 Å². The van der Waals surface area contributed by atoms with Gasteiger partial charge in [-0.1, -0.05) is 20.8 Å². The first-order valence-electron chi connectivity index (χ1n) is 5.93. The number of hydrogen-bond donors (Lipinski definition) is 1. The van der Waals surface area contributed by atoms with Crippen molar-refractivity contribution in [2.24, 2.45) is 11.1 Å². The summed E-state index contributed by atoms with van der Waals surface area (Å²) in [7, 11) is 0. The molecule has 0 heterocycles. The molecule has 0 aliphatic heterocycles. The maximum atomic E-state index is 5.85. The summed E-state index contributed by atoms with van der Waals surface area (Å²) >= 11 is 0. The molecule has 15 heavy (non-hydrogen) atoms. The Labute approximate surface area is 93.3 Å². The van der Waals surface area contributed by atoms with Gasteiger partial charge in [-0.25, -0.2) is 0 Å². The molecule has 3 nitrogen and oxygen atoms in total. The maximum Gasteiger partial charge on any atom is 0.0988 e. The van der Waals surface area contributed by atoms with Crippen molar-refractivity contribution in [1.29, 1.82) is 0 Å². The van der Waals surface area contributed by atoms with E-state index in [4.69, 9.17) is 15.2 Å². The highest BCUT2D eigenvalue weighted by Gasteiger charge is 2.40. The summed E-state index contributed by atoms with van der Waals surface area (Å²) in [6.07, 6.45) is 2.36. The van der Waals surface area contributed by atoms with Crippen LogP contribution in [0, 0.1) is 5.41 Å². The predicted molar refractivity (Wildman–Crippen MR) is 61.8 cm³/mol. The molecule has 1 rings (SSSR count). The normalized spacial score (nSPS) is 31.4. The molecule has 0 aromatic heterocycles. The minimum Gasteiger partial charge on any atom is -0.375 e. The Hall–Kier alpha value is -0.120. The van der Waals surface area contributed by atoms with Gasteiger partial charge in [-0.05, 0) is 25.2 Å². The zero-order valence-corrected chi connectivity index (χ0v) is 10.5. The van der Waals surface area contributed by atoms with Gasteiger partial charge in [-0.15, -0.1) is 0 Å². The number of rotatable bonds is 5. The van der Waals surface area contributed by atoms with E-state index in [1.807, 2.05) is 6.92 Å². The second-order valence-corrected chi connectivity index (χ2v) is 5.54. The molecule has 1 saturated carbocycles. The summed E-state index contributed by atoms with van der Waals surface area (Å²) in [5.74, 6) is 0. The Balaban J connectivity index is 2.17. The minimum absolute atomic E-state index is 0.120. The third kappa shape index (κ3) is 4.09. The molecular formula is C12H25NO2. The fourth-order valence-electron chi connectivity index (χ4n) is 1.72. The number of ether oxygens (including phenoxy) is 2. The van der Waals surface area contributed by atoms with Crippen molar-refractivity contribution in [3.8, 4) is 0 Å². The largest absolute Gasteiger partial charge is 0.375 e. The van der Waals surface area contributed by atoms with Crippen LogP contribution in [0.15, 0.2) is 0 Å². The second-order valence-electron chi connectivity index (χ2n) is 5.54. The van der Waals surface area contributed by atoms with Gasteiger partial charge in [-0.2, -0.15) is 0 Å². The van der Waals surface area contributed by atoms with Gasteiger partial charge in [0.2, 0.25) is 0 Å². The van der Waals surface area contributed by atoms with Crippen LogP contribution in [-0.2, 0) is 9.47 Å². The molecule has 1 aliphatic carbocycles. The summed E-state index contributed by atoms with van der Waals surface area (Å²) in [5.41, 5.74) is 6.19. The molecule has 3 atom stereocenters. The van der Waals surface area contributed by atoms with Crippen molar-refractivity contribution < 1.29 is 9.47 Å². The van der Waals surface area contributed by atoms with Gasteiger partial charge < -0.3 is 15.2 Å². The van der Waals surface area contributed by atoms with Crippen molar-refractivity contribution >= 4 is 0 Å². The molecule has 0 amide bonds. The molecule has 0 bridgehead atoms. The van der Waals surface area contributed by atoms with Crippen molar-refractivity contribution in [1.82, 2.24) is 0 Å². The van der Waals surface area contributed by atoms with Crippen LogP contribution in [0.5, 0.6) is 0 Å². The molecule has 0 saturated heterocycles. The highest BCUT2D eigenvalue weighted by Crippen LogP contribution is 2.27. The van der Waals surface area contributed by atoms with Crippen molar-refractivity contribution in [2.45, 2.75) is 58.8 Å². The zero-order chi connectivity index (χ0) is 11.5. The number of nitrogens with two attached hydrogens (primary N) is 1. The Morgan fingerprint density at radius 2 is 1.93 bits per heavy atom. The first-order chi connectivity index (χ1) is 6.94. The van der Waals surface area contributed by atoms with Crippen molar-refractivity contribution in [3.63, 3.8) is 0 Å². The molecule has 1 fully saturated rings. The van der Waals surface area contributed by atoms with Gasteiger partial charge >= 0.3 is 0 Å². The monoisotopic (exact) mass is 215 g/mol. The van der Waals surface area contributed by atoms with Crippen molar-refractivity contribution in [2.75, 3.05) is 13.2 Å². The molecule has 0 aromatic carbocycles. The SMILES string of the molecule is CCOC1C(N)CC1OCCC(C)(C)C. The smallest absolute Gasteiger partial charge is 0.0988 e. The molecule has 2 N–H and O–H groups in total. The van der Waals surface area contributed by atoms with E-state index >= 15 is 0 Å². The summed E-state index contributed by atoms with van der Waals surface area (Å²) in [6, 6.07) is 0.171. The highest BCUT2D eigenvalue weighted by atomic mass is 16.5. The highest BCUT2D eigenvalue weighted by molar-refractivity contribution is 4.95. The van der Waals surface area contributed by atoms with Crippen LogP contribution < -0.4 is 5.73 Å². The van der Waals surface area contributed by atoms with Crippen LogP contribution in [0.1, 0.15) is 40.5 Å². The Morgan fingerprint density at radius 3 is 2.40 bits per heavy atom. The quantitative estimate of drug-likeness (QED) is 0.762. The van der Waals surface area contributed by atoms with Crippen LogP contribution in [-0.4, -0.2) is 31.5 Å². The molecule has 0 spiro atoms. The van der Waals surface area contributed by atoms with E-state index in [0.717, 1.165) is 26.1 Å². The van der Waals surface area contributed by atoms with Gasteiger partial charge in [0, 0.05) is 19.3 Å². The molecule has 0 radical (unpaired) electrons. The predicted octanol–water partition coefficient (Wildman–Crippen LogP) is 1.94. The molecular weight excluding hydrogens is 190 g/mol. The average molecular weight is 215 g/mol. The van der Waals surface area contributed by atoms with Gasteiger partial charge in [0.05, 0.1) is 12.2 Å². The Morgan fingerprint density at radius 1 is 1.27 bits per heavy atom. The fourth-order valence-corrected chi connectivity index (χ4v) is 1.72. The van der Waals surface area contributed by atoms with Crippen LogP contribution in [0.4, 0.5) is 0 Å². The summed E-state index contributed by atoms with van der Waals surface area (Å²) < 4.78 is 11.3. The van der Waals surface area contributed by atoms with Crippen LogP contribution in [0.3, 0.4) is 0 Å². The Kier molecular flexibility index (Phi) is 4.56. The Bertz CT molecular complexity index is 189. The number of hydrogen-bond acceptors (Lipinski definition) is 3. The summed E-state index contributed by atoms with van der Waals surface area (Å²) in [6.45, 7) is 10.2. The average Bonchev–Trinajstić information content (AvgIpc) is 2.11. The van der Waals surface area contributed by atoms with E-state index < -0.39 is 0 Å². The molecule has 0 aromatic rings. The van der Waals surface area contributed by atoms with Crippen molar-refractivity contribution in [3.05, 3.63) is 0 Å². The first kappa shape index (κ1) is 12.9. The lowest BCUT2D eigenvalue weighted by atomic mass is 9.86. The van der Waals surface area contributed by atoms with Gasteiger partial charge in [0.25, 0.3) is 0 Å². The van der Waals surface area contributed by atoms with Gasteiger partial charge in [0.1, 0.15) is 0 Å². The zero-order valence-electron chi connectivity index (χ0n) is 10.5. The fraction of sp³-hybridized carbons (Fsp3) is 1.00. The lowest BCUT2D eigenvalue weighted by Gasteiger charge is -2.42. The van der Waals surface area contributed by atoms with Gasteiger partial charge in [-0.3, -0.25) is 0 Å². The summed E-state index contributed by atoms with van der Waals surface area (Å²) in [4.78, 5) is 0.